The van der Waals surface area contributed by atoms with Gasteiger partial charge in [-0.2, -0.15) is 0 Å². The Morgan fingerprint density at radius 2 is 1.50 bits per heavy atom. The Hall–Kier alpha value is -0.0800. The SMILES string of the molecule is CC(C(O)COC(C)(C)C)C(C)(C)C. The zero-order valence-electron chi connectivity index (χ0n) is 10.7. The molecule has 0 aromatic carbocycles. The van der Waals surface area contributed by atoms with E-state index in [1.54, 1.807) is 0 Å². The first-order valence-corrected chi connectivity index (χ1v) is 5.36. The van der Waals surface area contributed by atoms with Crippen molar-refractivity contribution in [3.63, 3.8) is 0 Å². The van der Waals surface area contributed by atoms with Crippen molar-refractivity contribution in [2.45, 2.75) is 60.2 Å². The molecule has 14 heavy (non-hydrogen) atoms. The van der Waals surface area contributed by atoms with E-state index in [9.17, 15) is 5.11 Å². The highest BCUT2D eigenvalue weighted by Gasteiger charge is 2.27. The van der Waals surface area contributed by atoms with Gasteiger partial charge in [0.25, 0.3) is 0 Å². The molecule has 0 amide bonds. The van der Waals surface area contributed by atoms with Crippen molar-refractivity contribution in [3.05, 3.63) is 0 Å². The first-order valence-electron chi connectivity index (χ1n) is 5.36. The summed E-state index contributed by atoms with van der Waals surface area (Å²) in [4.78, 5) is 0. The molecule has 1 N–H and O–H groups in total. The van der Waals surface area contributed by atoms with E-state index < -0.39 is 0 Å². The maximum Gasteiger partial charge on any atom is 0.0804 e. The fraction of sp³-hybridized carbons (Fsp3) is 1.00. The van der Waals surface area contributed by atoms with Gasteiger partial charge >= 0.3 is 0 Å². The summed E-state index contributed by atoms with van der Waals surface area (Å²) in [7, 11) is 0. The largest absolute Gasteiger partial charge is 0.390 e. The van der Waals surface area contributed by atoms with Gasteiger partial charge in [-0.05, 0) is 32.1 Å². The van der Waals surface area contributed by atoms with E-state index in [-0.39, 0.29) is 23.0 Å². The molecule has 0 radical (unpaired) electrons. The summed E-state index contributed by atoms with van der Waals surface area (Å²) >= 11 is 0. The molecule has 2 heteroatoms. The van der Waals surface area contributed by atoms with Crippen LogP contribution in [0.1, 0.15) is 48.5 Å². The van der Waals surface area contributed by atoms with Gasteiger partial charge in [0.15, 0.2) is 0 Å². The number of aliphatic hydroxyl groups is 1. The van der Waals surface area contributed by atoms with Crippen molar-refractivity contribution in [1.29, 1.82) is 0 Å². The summed E-state index contributed by atoms with van der Waals surface area (Å²) in [5.74, 6) is 0.241. The standard InChI is InChI=1S/C12H26O2/c1-9(11(2,3)4)10(13)8-14-12(5,6)7/h9-10,13H,8H2,1-7H3. The van der Waals surface area contributed by atoms with E-state index in [4.69, 9.17) is 4.74 Å². The molecule has 86 valence electrons. The average Bonchev–Trinajstić information content (AvgIpc) is 1.95. The maximum absolute atomic E-state index is 9.89. The van der Waals surface area contributed by atoms with Gasteiger partial charge in [-0.1, -0.05) is 27.7 Å². The van der Waals surface area contributed by atoms with Crippen LogP contribution in [0, 0.1) is 11.3 Å². The second kappa shape index (κ2) is 4.63. The number of ether oxygens (including phenoxy) is 1. The van der Waals surface area contributed by atoms with Crippen LogP contribution in [0.3, 0.4) is 0 Å². The van der Waals surface area contributed by atoms with E-state index in [1.165, 1.54) is 0 Å². The van der Waals surface area contributed by atoms with Gasteiger partial charge in [-0.3, -0.25) is 0 Å². The van der Waals surface area contributed by atoms with Crippen LogP contribution in [-0.2, 0) is 4.74 Å². The van der Waals surface area contributed by atoms with Crippen LogP contribution in [0.5, 0.6) is 0 Å². The van der Waals surface area contributed by atoms with Gasteiger partial charge in [-0.25, -0.2) is 0 Å². The van der Waals surface area contributed by atoms with Gasteiger partial charge in [0.1, 0.15) is 0 Å². The Balaban J connectivity index is 4.03. The third-order valence-corrected chi connectivity index (χ3v) is 2.63. The van der Waals surface area contributed by atoms with E-state index >= 15 is 0 Å². The van der Waals surface area contributed by atoms with Crippen LogP contribution in [0.4, 0.5) is 0 Å². The summed E-state index contributed by atoms with van der Waals surface area (Å²) in [6.45, 7) is 14.9. The molecule has 0 rings (SSSR count). The van der Waals surface area contributed by atoms with Crippen molar-refractivity contribution >= 4 is 0 Å². The molecule has 2 nitrogen and oxygen atoms in total. The summed E-state index contributed by atoms with van der Waals surface area (Å²) in [6.07, 6.45) is -0.380. The second-order valence-corrected chi connectivity index (χ2v) is 6.15. The van der Waals surface area contributed by atoms with Crippen molar-refractivity contribution in [2.75, 3.05) is 6.61 Å². The fourth-order valence-corrected chi connectivity index (χ4v) is 1.06. The van der Waals surface area contributed by atoms with Gasteiger partial charge in [0.05, 0.1) is 18.3 Å². The summed E-state index contributed by atoms with van der Waals surface area (Å²) in [6, 6.07) is 0. The lowest BCUT2D eigenvalue weighted by molar-refractivity contribution is -0.0763. The molecule has 0 aromatic heterocycles. The molecule has 0 fully saturated rings. The zero-order valence-corrected chi connectivity index (χ0v) is 10.7. The molecule has 0 aliphatic rings. The molecule has 2 unspecified atom stereocenters. The topological polar surface area (TPSA) is 29.5 Å². The number of hydrogen-bond acceptors (Lipinski definition) is 2. The Morgan fingerprint density at radius 1 is 1.07 bits per heavy atom. The Morgan fingerprint density at radius 3 is 1.79 bits per heavy atom. The van der Waals surface area contributed by atoms with E-state index in [1.807, 2.05) is 20.8 Å². The zero-order chi connectivity index (χ0) is 11.6. The van der Waals surface area contributed by atoms with Crippen LogP contribution in [0.2, 0.25) is 0 Å². The summed E-state index contributed by atoms with van der Waals surface area (Å²) < 4.78 is 5.56. The van der Waals surface area contributed by atoms with Crippen LogP contribution in [-0.4, -0.2) is 23.4 Å². The van der Waals surface area contributed by atoms with Crippen LogP contribution in [0.25, 0.3) is 0 Å². The molecular weight excluding hydrogens is 176 g/mol. The summed E-state index contributed by atoms with van der Waals surface area (Å²) in [5, 5.41) is 9.89. The van der Waals surface area contributed by atoms with Gasteiger partial charge in [0.2, 0.25) is 0 Å². The molecule has 0 aliphatic carbocycles. The Bertz CT molecular complexity index is 162. The van der Waals surface area contributed by atoms with Crippen molar-refractivity contribution in [2.24, 2.45) is 11.3 Å². The van der Waals surface area contributed by atoms with Crippen LogP contribution < -0.4 is 0 Å². The van der Waals surface area contributed by atoms with Crippen molar-refractivity contribution in [1.82, 2.24) is 0 Å². The lowest BCUT2D eigenvalue weighted by atomic mass is 9.79. The molecule has 0 heterocycles. The third-order valence-electron chi connectivity index (χ3n) is 2.63. The monoisotopic (exact) mass is 202 g/mol. The first-order chi connectivity index (χ1) is 6.04. The van der Waals surface area contributed by atoms with E-state index in [2.05, 4.69) is 27.7 Å². The minimum Gasteiger partial charge on any atom is -0.390 e. The third kappa shape index (κ3) is 5.61. The molecule has 0 saturated heterocycles. The predicted molar refractivity (Wildman–Crippen MR) is 60.3 cm³/mol. The smallest absolute Gasteiger partial charge is 0.0804 e. The minimum atomic E-state index is -0.380. The molecule has 2 atom stereocenters. The molecule has 0 bridgehead atoms. The second-order valence-electron chi connectivity index (χ2n) is 6.15. The lowest BCUT2D eigenvalue weighted by Gasteiger charge is -2.32. The number of aliphatic hydroxyl groups excluding tert-OH is 1. The maximum atomic E-state index is 9.89. The van der Waals surface area contributed by atoms with E-state index in [0.717, 1.165) is 0 Å². The molecular formula is C12H26O2. The highest BCUT2D eigenvalue weighted by molar-refractivity contribution is 4.77. The Labute approximate surface area is 88.7 Å². The first kappa shape index (κ1) is 13.9. The number of hydrogen-bond donors (Lipinski definition) is 1. The van der Waals surface area contributed by atoms with Gasteiger partial charge < -0.3 is 9.84 Å². The van der Waals surface area contributed by atoms with Crippen molar-refractivity contribution < 1.29 is 9.84 Å². The quantitative estimate of drug-likeness (QED) is 0.762. The highest BCUT2D eigenvalue weighted by Crippen LogP contribution is 2.28. The van der Waals surface area contributed by atoms with Crippen LogP contribution >= 0.6 is 0 Å². The minimum absolute atomic E-state index is 0.126. The van der Waals surface area contributed by atoms with Crippen LogP contribution in [0.15, 0.2) is 0 Å². The lowest BCUT2D eigenvalue weighted by Crippen LogP contribution is -2.35. The van der Waals surface area contributed by atoms with Gasteiger partial charge in [0, 0.05) is 0 Å². The molecule has 0 saturated carbocycles. The highest BCUT2D eigenvalue weighted by atomic mass is 16.5. The normalized spacial score (nSPS) is 18.0. The fourth-order valence-electron chi connectivity index (χ4n) is 1.06. The van der Waals surface area contributed by atoms with Gasteiger partial charge in [-0.15, -0.1) is 0 Å². The molecule has 0 aliphatic heterocycles. The average molecular weight is 202 g/mol. The molecule has 0 spiro atoms. The Kier molecular flexibility index (Phi) is 4.60. The number of rotatable bonds is 3. The molecule has 0 aromatic rings. The predicted octanol–water partition coefficient (Wildman–Crippen LogP) is 2.84. The van der Waals surface area contributed by atoms with E-state index in [0.29, 0.717) is 6.61 Å². The summed E-state index contributed by atoms with van der Waals surface area (Å²) in [5.41, 5.74) is -0.0424. The van der Waals surface area contributed by atoms with Crippen molar-refractivity contribution in [3.8, 4) is 0 Å².